The second-order valence-corrected chi connectivity index (χ2v) is 6.40. The van der Waals surface area contributed by atoms with Crippen LogP contribution < -0.4 is 10.6 Å². The number of allylic oxidation sites excluding steroid dienone is 1. The molecule has 0 spiro atoms. The molecule has 3 rings (SSSR count). The van der Waals surface area contributed by atoms with Crippen LogP contribution in [0, 0.1) is 5.41 Å². The van der Waals surface area contributed by atoms with Gasteiger partial charge in [0.25, 0.3) is 0 Å². The molecule has 0 saturated carbocycles. The number of amidine groups is 1. The number of hydrogen-bond acceptors (Lipinski definition) is 8. The molecule has 0 unspecified atom stereocenters. The zero-order valence-electron chi connectivity index (χ0n) is 13.7. The Hall–Kier alpha value is -2.03. The van der Waals surface area contributed by atoms with Crippen LogP contribution in [0.15, 0.2) is 40.1 Å². The average molecular weight is 346 g/mol. The van der Waals surface area contributed by atoms with Crippen LogP contribution in [-0.2, 0) is 4.74 Å². The first-order valence-electron chi connectivity index (χ1n) is 7.94. The Balaban J connectivity index is 1.80. The van der Waals surface area contributed by atoms with E-state index in [2.05, 4.69) is 25.5 Å². The Kier molecular flexibility index (Phi) is 5.73. The van der Waals surface area contributed by atoms with E-state index in [4.69, 9.17) is 10.1 Å². The molecular formula is C16H22N6OS. The van der Waals surface area contributed by atoms with Gasteiger partial charge in [0.15, 0.2) is 10.8 Å². The molecule has 0 amide bonds. The molecule has 24 heavy (non-hydrogen) atoms. The van der Waals surface area contributed by atoms with E-state index in [0.29, 0.717) is 12.3 Å². The maximum absolute atomic E-state index is 8.32. The zero-order chi connectivity index (χ0) is 16.8. The lowest BCUT2D eigenvalue weighted by molar-refractivity contribution is 0.0418. The Morgan fingerprint density at radius 1 is 1.50 bits per heavy atom. The Morgan fingerprint density at radius 2 is 2.33 bits per heavy atom. The summed E-state index contributed by atoms with van der Waals surface area (Å²) >= 11 is 1.56. The van der Waals surface area contributed by atoms with Crippen LogP contribution in [0.1, 0.15) is 5.01 Å². The van der Waals surface area contributed by atoms with Crippen molar-refractivity contribution in [3.63, 3.8) is 0 Å². The van der Waals surface area contributed by atoms with Gasteiger partial charge in [-0.05, 0) is 12.3 Å². The number of thiazole rings is 1. The van der Waals surface area contributed by atoms with Crippen molar-refractivity contribution in [2.75, 3.05) is 46.4 Å². The van der Waals surface area contributed by atoms with Gasteiger partial charge in [-0.2, -0.15) is 0 Å². The summed E-state index contributed by atoms with van der Waals surface area (Å²) in [4.78, 5) is 11.3. The smallest absolute Gasteiger partial charge is 0.162 e. The maximum Gasteiger partial charge on any atom is 0.162 e. The van der Waals surface area contributed by atoms with Crippen molar-refractivity contribution in [2.24, 2.45) is 4.99 Å². The number of aliphatic imine (C=N–C) groups is 1. The lowest BCUT2D eigenvalue weighted by Crippen LogP contribution is -2.42. The lowest BCUT2D eigenvalue weighted by atomic mass is 10.1. The summed E-state index contributed by atoms with van der Waals surface area (Å²) in [6, 6.07) is 0. The first-order chi connectivity index (χ1) is 11.8. The van der Waals surface area contributed by atoms with E-state index >= 15 is 0 Å². The zero-order valence-corrected chi connectivity index (χ0v) is 14.5. The molecule has 1 fully saturated rings. The van der Waals surface area contributed by atoms with Crippen LogP contribution in [0.25, 0.3) is 0 Å². The number of hydrogen-bond donors (Lipinski definition) is 3. The first-order valence-corrected chi connectivity index (χ1v) is 8.82. The van der Waals surface area contributed by atoms with Crippen LogP contribution in [0.3, 0.4) is 0 Å². The molecule has 3 N–H and O–H groups in total. The topological polar surface area (TPSA) is 85.6 Å². The highest BCUT2D eigenvalue weighted by Gasteiger charge is 2.22. The molecule has 1 saturated heterocycles. The van der Waals surface area contributed by atoms with Gasteiger partial charge in [0.1, 0.15) is 0 Å². The molecule has 1 aromatic heterocycles. The quantitative estimate of drug-likeness (QED) is 0.665. The fourth-order valence-electron chi connectivity index (χ4n) is 2.61. The second-order valence-electron chi connectivity index (χ2n) is 5.51. The van der Waals surface area contributed by atoms with Crippen molar-refractivity contribution < 1.29 is 4.74 Å². The van der Waals surface area contributed by atoms with Crippen LogP contribution in [0.2, 0.25) is 0 Å². The molecular weight excluding hydrogens is 324 g/mol. The van der Waals surface area contributed by atoms with E-state index in [1.54, 1.807) is 29.8 Å². The summed E-state index contributed by atoms with van der Waals surface area (Å²) in [5.41, 5.74) is 2.43. The molecule has 7 nitrogen and oxygen atoms in total. The van der Waals surface area contributed by atoms with E-state index in [0.717, 1.165) is 55.0 Å². The normalized spacial score (nSPS) is 19.3. The number of ether oxygens (including phenoxy) is 1. The van der Waals surface area contributed by atoms with Gasteiger partial charge in [0.05, 0.1) is 25.5 Å². The molecule has 0 aliphatic carbocycles. The van der Waals surface area contributed by atoms with E-state index in [1.165, 1.54) is 0 Å². The highest BCUT2D eigenvalue weighted by Crippen LogP contribution is 2.16. The van der Waals surface area contributed by atoms with E-state index in [1.807, 2.05) is 12.4 Å². The van der Waals surface area contributed by atoms with E-state index < -0.39 is 0 Å². The number of rotatable bonds is 6. The molecule has 2 aliphatic rings. The largest absolute Gasteiger partial charge is 0.394 e. The monoisotopic (exact) mass is 346 g/mol. The maximum atomic E-state index is 8.32. The summed E-state index contributed by atoms with van der Waals surface area (Å²) in [7, 11) is 1.82. The highest BCUT2D eigenvalue weighted by atomic mass is 32.1. The Bertz CT molecular complexity index is 658. The minimum absolute atomic E-state index is 0.474. The van der Waals surface area contributed by atoms with Gasteiger partial charge in [-0.1, -0.05) is 0 Å². The third kappa shape index (κ3) is 4.08. The molecule has 0 aromatic carbocycles. The SMILES string of the molecule is CN/C=C\C(=N)C1=C(CN2CCOCC2)NC(c2nccs2)=NC1. The molecule has 128 valence electrons. The lowest BCUT2D eigenvalue weighted by Gasteiger charge is -2.30. The van der Waals surface area contributed by atoms with Gasteiger partial charge in [0.2, 0.25) is 0 Å². The van der Waals surface area contributed by atoms with Gasteiger partial charge in [-0.15, -0.1) is 11.3 Å². The Morgan fingerprint density at radius 3 is 3.04 bits per heavy atom. The van der Waals surface area contributed by atoms with Gasteiger partial charge in [0, 0.05) is 49.5 Å². The molecule has 2 aliphatic heterocycles. The minimum atomic E-state index is 0.474. The molecule has 0 atom stereocenters. The predicted octanol–water partition coefficient (Wildman–Crippen LogP) is 0.832. The summed E-state index contributed by atoms with van der Waals surface area (Å²) < 4.78 is 5.42. The van der Waals surface area contributed by atoms with Gasteiger partial charge in [-0.3, -0.25) is 9.89 Å². The van der Waals surface area contributed by atoms with Gasteiger partial charge < -0.3 is 20.8 Å². The summed E-state index contributed by atoms with van der Waals surface area (Å²) in [6.45, 7) is 4.58. The van der Waals surface area contributed by atoms with Crippen molar-refractivity contribution in [1.82, 2.24) is 20.5 Å². The predicted molar refractivity (Wildman–Crippen MR) is 96.9 cm³/mol. The highest BCUT2D eigenvalue weighted by molar-refractivity contribution is 7.11. The summed E-state index contributed by atoms with van der Waals surface area (Å²) in [6.07, 6.45) is 5.31. The fraction of sp³-hybridized carbons (Fsp3) is 0.438. The van der Waals surface area contributed by atoms with Crippen molar-refractivity contribution in [3.8, 4) is 0 Å². The first kappa shape index (κ1) is 16.8. The molecule has 1 aromatic rings. The van der Waals surface area contributed by atoms with Crippen LogP contribution in [0.4, 0.5) is 0 Å². The molecule has 8 heteroatoms. The van der Waals surface area contributed by atoms with E-state index in [-0.39, 0.29) is 0 Å². The van der Waals surface area contributed by atoms with Gasteiger partial charge in [-0.25, -0.2) is 4.98 Å². The standard InChI is InChI=1S/C16H22N6OS/c1-18-3-2-13(17)12-10-20-15(16-19-4-9-24-16)21-14(12)11-22-5-7-23-8-6-22/h2-4,9,17-18H,5-8,10-11H2,1H3,(H,20,21)/b3-2-,17-13?. The van der Waals surface area contributed by atoms with Crippen molar-refractivity contribution >= 4 is 22.9 Å². The number of nitrogens with zero attached hydrogens (tertiary/aromatic N) is 3. The third-order valence-electron chi connectivity index (χ3n) is 3.89. The second kappa shape index (κ2) is 8.18. The third-order valence-corrected chi connectivity index (χ3v) is 4.67. The summed E-state index contributed by atoms with van der Waals surface area (Å²) in [5.74, 6) is 0.794. The molecule has 0 radical (unpaired) electrons. The van der Waals surface area contributed by atoms with Crippen molar-refractivity contribution in [3.05, 3.63) is 40.1 Å². The van der Waals surface area contributed by atoms with Crippen LogP contribution in [-0.4, -0.2) is 67.9 Å². The van der Waals surface area contributed by atoms with Gasteiger partial charge >= 0.3 is 0 Å². The van der Waals surface area contributed by atoms with Crippen LogP contribution in [0.5, 0.6) is 0 Å². The number of morpholine rings is 1. The summed E-state index contributed by atoms with van der Waals surface area (Å²) in [5, 5.41) is 17.5. The average Bonchev–Trinajstić information content (AvgIpc) is 3.15. The van der Waals surface area contributed by atoms with Crippen LogP contribution >= 0.6 is 11.3 Å². The Labute approximate surface area is 145 Å². The number of nitrogens with one attached hydrogen (secondary N) is 3. The molecule has 0 bridgehead atoms. The van der Waals surface area contributed by atoms with Crippen molar-refractivity contribution in [1.29, 1.82) is 5.41 Å². The number of aromatic nitrogens is 1. The fourth-order valence-corrected chi connectivity index (χ4v) is 3.21. The van der Waals surface area contributed by atoms with Crippen molar-refractivity contribution in [2.45, 2.75) is 0 Å². The molecule has 3 heterocycles. The minimum Gasteiger partial charge on any atom is -0.394 e. The van der Waals surface area contributed by atoms with E-state index in [9.17, 15) is 0 Å².